The lowest BCUT2D eigenvalue weighted by molar-refractivity contribution is -0.624. The standard InChI is InChI=1S/C27H32FN3O17.C2H6/c1-21(35)25(41,42)31(26(43,44)27(45,46)48-21)9-13-6-7-14(17(28)8-13)11-47-18-5-3-4-15-16(18)10-30(19(15)33)23(38,20(34)29-2)24(39,40)22(36,37)12-32;1-2/h3-8,12,35-46H,9-11H2,1-2H3,(H,29,34);1-2H3. The van der Waals surface area contributed by atoms with Crippen molar-refractivity contribution in [3.05, 3.63) is 64.5 Å². The predicted molar refractivity (Wildman–Crippen MR) is 157 cm³/mol. The number of amides is 2. The molecule has 50 heavy (non-hydrogen) atoms. The lowest BCUT2D eigenvalue weighted by atomic mass is 9.91. The van der Waals surface area contributed by atoms with E-state index < -0.39 is 84.5 Å². The smallest absolute Gasteiger partial charge is 0.354 e. The highest BCUT2D eigenvalue weighted by Crippen LogP contribution is 2.44. The quantitative estimate of drug-likeness (QED) is 0.0806. The molecule has 2 aliphatic heterocycles. The van der Waals surface area contributed by atoms with Crippen LogP contribution >= 0.6 is 0 Å². The molecular formula is C29H38FN3O17. The Morgan fingerprint density at radius 1 is 1.02 bits per heavy atom. The fourth-order valence-electron chi connectivity index (χ4n) is 5.11. The molecule has 4 rings (SSSR count). The number of likely N-dealkylation sites (N-methyl/N-ethyl adjacent to an activating group) is 1. The summed E-state index contributed by atoms with van der Waals surface area (Å²) in [6.45, 7) is 2.08. The number of morpholine rings is 1. The van der Waals surface area contributed by atoms with Gasteiger partial charge >= 0.3 is 11.9 Å². The van der Waals surface area contributed by atoms with Crippen LogP contribution in [0.4, 0.5) is 4.39 Å². The highest BCUT2D eigenvalue weighted by Gasteiger charge is 2.73. The van der Waals surface area contributed by atoms with Crippen LogP contribution in [0.1, 0.15) is 47.8 Å². The third kappa shape index (κ3) is 6.22. The maximum absolute atomic E-state index is 15.2. The summed E-state index contributed by atoms with van der Waals surface area (Å²) in [6.07, 6.45) is -0.798. The molecule has 2 amide bonds. The van der Waals surface area contributed by atoms with Gasteiger partial charge in [-0.1, -0.05) is 32.0 Å². The van der Waals surface area contributed by atoms with Crippen LogP contribution in [0.2, 0.25) is 0 Å². The number of hydrogen-bond donors (Lipinski definition) is 13. The molecule has 1 fully saturated rings. The zero-order valence-corrected chi connectivity index (χ0v) is 26.8. The molecule has 0 radical (unpaired) electrons. The molecule has 2 aliphatic rings. The van der Waals surface area contributed by atoms with Gasteiger partial charge in [-0.05, 0) is 30.7 Å². The summed E-state index contributed by atoms with van der Waals surface area (Å²) >= 11 is 0. The summed E-state index contributed by atoms with van der Waals surface area (Å²) in [5.74, 6) is -27.6. The SMILES string of the molecule is CC.CNC(=O)C(O)(N1Cc2c(OCc3ccc(CN4C(O)(O)C(C)(O)OC(O)(O)C4(O)O)cc3F)cccc2C1=O)C(O)(O)C(O)(O)C=O. The first-order valence-corrected chi connectivity index (χ1v) is 14.5. The second kappa shape index (κ2) is 13.4. The van der Waals surface area contributed by atoms with Crippen molar-refractivity contribution in [2.24, 2.45) is 0 Å². The van der Waals surface area contributed by atoms with Crippen molar-refractivity contribution >= 4 is 18.1 Å². The van der Waals surface area contributed by atoms with Crippen LogP contribution in [0.25, 0.3) is 0 Å². The van der Waals surface area contributed by atoms with E-state index in [1.165, 1.54) is 18.2 Å². The van der Waals surface area contributed by atoms with Crippen LogP contribution in [0.3, 0.4) is 0 Å². The van der Waals surface area contributed by atoms with E-state index in [1.54, 1.807) is 0 Å². The van der Waals surface area contributed by atoms with Crippen molar-refractivity contribution in [3.8, 4) is 5.75 Å². The van der Waals surface area contributed by atoms with E-state index in [0.717, 1.165) is 25.2 Å². The minimum atomic E-state index is -4.39. The van der Waals surface area contributed by atoms with Gasteiger partial charge in [0.2, 0.25) is 5.79 Å². The summed E-state index contributed by atoms with van der Waals surface area (Å²) in [7, 11) is 0.897. The Hall–Kier alpha value is -3.78. The minimum Gasteiger partial charge on any atom is -0.488 e. The molecule has 0 saturated carbocycles. The van der Waals surface area contributed by atoms with Gasteiger partial charge in [-0.2, -0.15) is 4.90 Å². The number of ether oxygens (including phenoxy) is 2. The number of halogens is 1. The third-order valence-corrected chi connectivity index (χ3v) is 8.02. The maximum Gasteiger partial charge on any atom is 0.354 e. The van der Waals surface area contributed by atoms with Crippen LogP contribution in [-0.2, 0) is 34.0 Å². The average Bonchev–Trinajstić information content (AvgIpc) is 3.38. The van der Waals surface area contributed by atoms with Gasteiger partial charge in [-0.3, -0.25) is 24.0 Å². The van der Waals surface area contributed by atoms with Gasteiger partial charge in [0.05, 0.1) is 6.54 Å². The predicted octanol–water partition coefficient (Wildman–Crippen LogP) is -5.16. The second-order valence-corrected chi connectivity index (χ2v) is 11.2. The third-order valence-electron chi connectivity index (χ3n) is 8.02. The molecule has 13 N–H and O–H groups in total. The van der Waals surface area contributed by atoms with Gasteiger partial charge in [0.15, 0.2) is 6.29 Å². The molecule has 2 aromatic carbocycles. The van der Waals surface area contributed by atoms with E-state index in [2.05, 4.69) is 4.74 Å². The van der Waals surface area contributed by atoms with Crippen molar-refractivity contribution in [2.75, 3.05) is 7.05 Å². The van der Waals surface area contributed by atoms with Gasteiger partial charge in [-0.15, -0.1) is 0 Å². The number of carbonyl (C=O) groups is 3. The number of fused-ring (bicyclic) bond motifs is 1. The number of nitrogens with zero attached hydrogens (tertiary/aromatic N) is 2. The monoisotopic (exact) mass is 719 g/mol. The Kier molecular flexibility index (Phi) is 10.9. The number of rotatable bonds is 10. The molecule has 0 spiro atoms. The molecule has 2 aromatic rings. The Morgan fingerprint density at radius 3 is 2.16 bits per heavy atom. The summed E-state index contributed by atoms with van der Waals surface area (Å²) < 4.78 is 25.0. The first kappa shape index (κ1) is 40.6. The molecule has 0 aromatic heterocycles. The molecular weight excluding hydrogens is 681 g/mol. The Bertz CT molecular complexity index is 1600. The fourth-order valence-corrected chi connectivity index (χ4v) is 5.11. The molecule has 2 atom stereocenters. The van der Waals surface area contributed by atoms with Gasteiger partial charge in [0.25, 0.3) is 35.0 Å². The highest BCUT2D eigenvalue weighted by molar-refractivity contribution is 6.03. The van der Waals surface area contributed by atoms with E-state index >= 15 is 4.39 Å². The molecule has 2 heterocycles. The maximum atomic E-state index is 15.2. The molecule has 0 bridgehead atoms. The summed E-state index contributed by atoms with van der Waals surface area (Å²) in [5, 5.41) is 125. The van der Waals surface area contributed by atoms with E-state index in [4.69, 9.17) is 4.74 Å². The zero-order chi connectivity index (χ0) is 38.5. The lowest BCUT2D eigenvalue weighted by Crippen LogP contribution is -2.83. The number of aldehydes is 1. The summed E-state index contributed by atoms with van der Waals surface area (Å²) in [5.41, 5.74) is -4.72. The first-order chi connectivity index (χ1) is 22.8. The largest absolute Gasteiger partial charge is 0.488 e. The van der Waals surface area contributed by atoms with Gasteiger partial charge in [0.1, 0.15) is 18.2 Å². The van der Waals surface area contributed by atoms with E-state index in [0.29, 0.717) is 6.92 Å². The van der Waals surface area contributed by atoms with Crippen LogP contribution < -0.4 is 10.1 Å². The first-order valence-electron chi connectivity index (χ1n) is 14.5. The van der Waals surface area contributed by atoms with E-state index in [-0.39, 0.29) is 37.8 Å². The molecule has 21 heteroatoms. The van der Waals surface area contributed by atoms with Gasteiger partial charge in [-0.25, -0.2) is 4.39 Å². The average molecular weight is 720 g/mol. The number of benzene rings is 2. The molecule has 1 saturated heterocycles. The lowest BCUT2D eigenvalue weighted by Gasteiger charge is -2.56. The second-order valence-electron chi connectivity index (χ2n) is 11.2. The van der Waals surface area contributed by atoms with Crippen molar-refractivity contribution in [3.63, 3.8) is 0 Å². The summed E-state index contributed by atoms with van der Waals surface area (Å²) in [6, 6.07) is 6.65. The number of hydrogen-bond acceptors (Lipinski definition) is 18. The Morgan fingerprint density at radius 2 is 1.62 bits per heavy atom. The number of aliphatic hydroxyl groups is 12. The molecule has 2 unspecified atom stereocenters. The molecule has 278 valence electrons. The van der Waals surface area contributed by atoms with Crippen LogP contribution in [0, 0.1) is 5.82 Å². The van der Waals surface area contributed by atoms with Crippen molar-refractivity contribution in [2.45, 2.75) is 81.3 Å². The normalized spacial score (nSPS) is 22.5. The summed E-state index contributed by atoms with van der Waals surface area (Å²) in [4.78, 5) is 37.0. The zero-order valence-electron chi connectivity index (χ0n) is 26.8. The Labute approximate surface area is 281 Å². The van der Waals surface area contributed by atoms with E-state index in [9.17, 15) is 75.7 Å². The molecule has 20 nitrogen and oxygen atoms in total. The van der Waals surface area contributed by atoms with Gasteiger partial charge in [0, 0.05) is 30.3 Å². The van der Waals surface area contributed by atoms with Crippen LogP contribution in [-0.4, -0.2) is 137 Å². The van der Waals surface area contributed by atoms with E-state index in [1.807, 2.05) is 19.2 Å². The van der Waals surface area contributed by atoms with Gasteiger partial charge < -0.3 is 71.3 Å². The fraction of sp³-hybridized carbons (Fsp3) is 0.483. The van der Waals surface area contributed by atoms with Crippen LogP contribution in [0.15, 0.2) is 36.4 Å². The van der Waals surface area contributed by atoms with Crippen LogP contribution in [0.5, 0.6) is 5.75 Å². The minimum absolute atomic E-state index is 0.106. The topological polar surface area (TPSA) is 331 Å². The van der Waals surface area contributed by atoms with Crippen molar-refractivity contribution in [1.29, 1.82) is 0 Å². The van der Waals surface area contributed by atoms with Crippen molar-refractivity contribution < 1.29 is 89.5 Å². The van der Waals surface area contributed by atoms with Crippen molar-refractivity contribution in [1.82, 2.24) is 15.1 Å². The molecule has 0 aliphatic carbocycles. The Balaban J connectivity index is 0.00000332. The number of nitrogens with one attached hydrogen (secondary N) is 1. The number of carbonyl (C=O) groups excluding carboxylic acids is 3. The highest BCUT2D eigenvalue weighted by atomic mass is 19.1.